The smallest absolute Gasteiger partial charge is 0.152 e. The van der Waals surface area contributed by atoms with Crippen molar-refractivity contribution in [1.82, 2.24) is 9.78 Å². The molecule has 1 aromatic carbocycles. The molecule has 1 heterocycles. The van der Waals surface area contributed by atoms with Gasteiger partial charge in [-0.3, -0.25) is 4.68 Å². The van der Waals surface area contributed by atoms with Gasteiger partial charge in [0.2, 0.25) is 0 Å². The molecule has 0 aliphatic heterocycles. The van der Waals surface area contributed by atoms with Crippen molar-refractivity contribution in [3.05, 3.63) is 34.5 Å². The first-order valence-corrected chi connectivity index (χ1v) is 5.69. The van der Waals surface area contributed by atoms with Crippen LogP contribution in [0.25, 0.3) is 0 Å². The van der Waals surface area contributed by atoms with E-state index in [1.165, 1.54) is 0 Å². The van der Waals surface area contributed by atoms with Crippen molar-refractivity contribution in [1.29, 1.82) is 0 Å². The summed E-state index contributed by atoms with van der Waals surface area (Å²) in [4.78, 5) is 0. The van der Waals surface area contributed by atoms with Gasteiger partial charge in [0, 0.05) is 17.8 Å². The molecule has 0 unspecified atom stereocenters. The Hall–Kier alpha value is -1.68. The Kier molecular flexibility index (Phi) is 2.98. The number of nitrogens with two attached hydrogens (primary N) is 1. The molecule has 0 aliphatic carbocycles. The Morgan fingerprint density at radius 2 is 2.06 bits per heavy atom. The first-order valence-electron chi connectivity index (χ1n) is 5.32. The highest BCUT2D eigenvalue weighted by molar-refractivity contribution is 6.31. The van der Waals surface area contributed by atoms with Gasteiger partial charge in [-0.15, -0.1) is 0 Å². The highest BCUT2D eigenvalue weighted by Crippen LogP contribution is 2.29. The molecular formula is C12H15ClN4. The van der Waals surface area contributed by atoms with Gasteiger partial charge in [0.25, 0.3) is 0 Å². The molecule has 2 rings (SSSR count). The average molecular weight is 251 g/mol. The van der Waals surface area contributed by atoms with Crippen LogP contribution in [0.3, 0.4) is 0 Å². The van der Waals surface area contributed by atoms with E-state index in [0.29, 0.717) is 5.69 Å². The summed E-state index contributed by atoms with van der Waals surface area (Å²) in [5.74, 6) is 0.785. The summed E-state index contributed by atoms with van der Waals surface area (Å²) >= 11 is 6.07. The first kappa shape index (κ1) is 11.8. The third kappa shape index (κ3) is 2.08. The lowest BCUT2D eigenvalue weighted by Crippen LogP contribution is -2.02. The van der Waals surface area contributed by atoms with Crippen molar-refractivity contribution in [3.8, 4) is 0 Å². The Balaban J connectivity index is 2.41. The molecular weight excluding hydrogens is 236 g/mol. The van der Waals surface area contributed by atoms with Crippen LogP contribution in [-0.4, -0.2) is 9.78 Å². The van der Waals surface area contributed by atoms with Gasteiger partial charge in [0.05, 0.1) is 11.4 Å². The van der Waals surface area contributed by atoms with E-state index >= 15 is 0 Å². The van der Waals surface area contributed by atoms with E-state index in [-0.39, 0.29) is 0 Å². The van der Waals surface area contributed by atoms with Gasteiger partial charge in [-0.1, -0.05) is 17.7 Å². The van der Waals surface area contributed by atoms with Crippen LogP contribution in [-0.2, 0) is 7.05 Å². The second-order valence-corrected chi connectivity index (χ2v) is 4.42. The zero-order valence-electron chi connectivity index (χ0n) is 10.1. The molecule has 0 saturated carbocycles. The van der Waals surface area contributed by atoms with E-state index < -0.39 is 0 Å². The number of anilines is 3. The Morgan fingerprint density at radius 1 is 1.35 bits per heavy atom. The fourth-order valence-electron chi connectivity index (χ4n) is 1.69. The molecule has 0 bridgehead atoms. The van der Waals surface area contributed by atoms with E-state index in [0.717, 1.165) is 27.8 Å². The molecule has 0 fully saturated rings. The predicted octanol–water partition coefficient (Wildman–Crippen LogP) is 3.02. The quantitative estimate of drug-likeness (QED) is 0.862. The molecule has 0 aliphatic rings. The number of aryl methyl sites for hydroxylation is 2. The summed E-state index contributed by atoms with van der Waals surface area (Å²) in [6.07, 6.45) is 0. The van der Waals surface area contributed by atoms with Crippen molar-refractivity contribution in [2.45, 2.75) is 13.8 Å². The number of nitrogens with zero attached hydrogens (tertiary/aromatic N) is 2. The molecule has 90 valence electrons. The van der Waals surface area contributed by atoms with Crippen LogP contribution in [0.5, 0.6) is 0 Å². The normalized spacial score (nSPS) is 10.6. The van der Waals surface area contributed by atoms with E-state index in [9.17, 15) is 0 Å². The lowest BCUT2D eigenvalue weighted by atomic mass is 10.2. The minimum absolute atomic E-state index is 0.659. The van der Waals surface area contributed by atoms with Crippen LogP contribution in [0.2, 0.25) is 5.02 Å². The lowest BCUT2D eigenvalue weighted by molar-refractivity contribution is 0.765. The molecule has 1 aromatic heterocycles. The van der Waals surface area contributed by atoms with E-state index in [1.807, 2.05) is 39.1 Å². The molecule has 4 nitrogen and oxygen atoms in total. The van der Waals surface area contributed by atoms with Gasteiger partial charge < -0.3 is 11.1 Å². The number of rotatable bonds is 2. The van der Waals surface area contributed by atoms with Gasteiger partial charge in [-0.25, -0.2) is 0 Å². The minimum Gasteiger partial charge on any atom is -0.394 e. The van der Waals surface area contributed by atoms with E-state index in [1.54, 1.807) is 4.68 Å². The largest absolute Gasteiger partial charge is 0.394 e. The second-order valence-electron chi connectivity index (χ2n) is 4.01. The monoisotopic (exact) mass is 250 g/mol. The summed E-state index contributed by atoms with van der Waals surface area (Å²) in [7, 11) is 1.85. The molecule has 0 amide bonds. The summed E-state index contributed by atoms with van der Waals surface area (Å²) in [6.45, 7) is 3.84. The summed E-state index contributed by atoms with van der Waals surface area (Å²) in [5, 5.41) is 8.25. The van der Waals surface area contributed by atoms with Crippen molar-refractivity contribution < 1.29 is 0 Å². The maximum Gasteiger partial charge on any atom is 0.152 e. The molecule has 0 atom stereocenters. The topological polar surface area (TPSA) is 55.9 Å². The number of aromatic nitrogens is 2. The number of hydrogen-bond acceptors (Lipinski definition) is 3. The second kappa shape index (κ2) is 4.30. The zero-order chi connectivity index (χ0) is 12.6. The average Bonchev–Trinajstić information content (AvgIpc) is 2.51. The molecule has 3 N–H and O–H groups in total. The SMILES string of the molecule is Cc1nn(C)c(Nc2cccc(Cl)c2C)c1N. The number of nitrogens with one attached hydrogen (secondary N) is 1. The van der Waals surface area contributed by atoms with Gasteiger partial charge >= 0.3 is 0 Å². The van der Waals surface area contributed by atoms with Crippen LogP contribution in [0.15, 0.2) is 18.2 Å². The number of hydrogen-bond donors (Lipinski definition) is 2. The third-order valence-corrected chi connectivity index (χ3v) is 3.20. The van der Waals surface area contributed by atoms with Crippen molar-refractivity contribution >= 4 is 28.8 Å². The van der Waals surface area contributed by atoms with Gasteiger partial charge in [0.1, 0.15) is 0 Å². The lowest BCUT2D eigenvalue weighted by Gasteiger charge is -2.11. The fraction of sp³-hybridized carbons (Fsp3) is 0.250. The van der Waals surface area contributed by atoms with E-state index in [4.69, 9.17) is 17.3 Å². The molecule has 5 heteroatoms. The molecule has 17 heavy (non-hydrogen) atoms. The van der Waals surface area contributed by atoms with Crippen molar-refractivity contribution in [2.75, 3.05) is 11.1 Å². The summed E-state index contributed by atoms with van der Waals surface area (Å²) < 4.78 is 1.73. The van der Waals surface area contributed by atoms with Gasteiger partial charge in [-0.2, -0.15) is 5.10 Å². The number of benzene rings is 1. The van der Waals surface area contributed by atoms with Crippen LogP contribution < -0.4 is 11.1 Å². The standard InChI is InChI=1S/C12H15ClN4/c1-7-9(13)5-4-6-10(7)15-12-11(14)8(2)16-17(12)3/h4-6,15H,14H2,1-3H3. The summed E-state index contributed by atoms with van der Waals surface area (Å²) in [5.41, 5.74) is 9.36. The maximum absolute atomic E-state index is 6.07. The highest BCUT2D eigenvalue weighted by atomic mass is 35.5. The van der Waals surface area contributed by atoms with Crippen LogP contribution in [0.4, 0.5) is 17.2 Å². The zero-order valence-corrected chi connectivity index (χ0v) is 10.8. The van der Waals surface area contributed by atoms with Crippen LogP contribution in [0.1, 0.15) is 11.3 Å². The number of nitrogen functional groups attached to an aromatic ring is 1. The fourth-order valence-corrected chi connectivity index (χ4v) is 1.87. The Labute approximate surface area is 105 Å². The Bertz CT molecular complexity index is 560. The third-order valence-electron chi connectivity index (χ3n) is 2.79. The number of halogens is 1. The maximum atomic E-state index is 6.07. The van der Waals surface area contributed by atoms with E-state index in [2.05, 4.69) is 10.4 Å². The molecule has 0 saturated heterocycles. The highest BCUT2D eigenvalue weighted by Gasteiger charge is 2.11. The molecule has 0 spiro atoms. The van der Waals surface area contributed by atoms with Gasteiger partial charge in [0.15, 0.2) is 5.82 Å². The predicted molar refractivity (Wildman–Crippen MR) is 71.8 cm³/mol. The van der Waals surface area contributed by atoms with Crippen molar-refractivity contribution in [2.24, 2.45) is 7.05 Å². The van der Waals surface area contributed by atoms with Gasteiger partial charge in [-0.05, 0) is 31.5 Å². The first-order chi connectivity index (χ1) is 8.00. The molecule has 2 aromatic rings. The van der Waals surface area contributed by atoms with Crippen molar-refractivity contribution in [3.63, 3.8) is 0 Å². The summed E-state index contributed by atoms with van der Waals surface area (Å²) in [6, 6.07) is 5.72. The Morgan fingerprint density at radius 3 is 2.65 bits per heavy atom. The van der Waals surface area contributed by atoms with Crippen LogP contribution in [0, 0.1) is 13.8 Å². The van der Waals surface area contributed by atoms with Crippen LogP contribution >= 0.6 is 11.6 Å². The minimum atomic E-state index is 0.659. The molecule has 0 radical (unpaired) electrons.